The molecule has 0 aliphatic carbocycles. The van der Waals surface area contributed by atoms with E-state index in [1.54, 1.807) is 18.5 Å². The van der Waals surface area contributed by atoms with Crippen molar-refractivity contribution in [1.82, 2.24) is 29.9 Å². The van der Waals surface area contributed by atoms with E-state index in [0.29, 0.717) is 33.6 Å². The summed E-state index contributed by atoms with van der Waals surface area (Å²) in [6.07, 6.45) is 8.95. The molecular formula is C25H19N7O. The Morgan fingerprint density at radius 3 is 2.73 bits per heavy atom. The van der Waals surface area contributed by atoms with E-state index in [9.17, 15) is 4.79 Å². The fraction of sp³-hybridized carbons (Fsp3) is 0.0800. The molecule has 33 heavy (non-hydrogen) atoms. The molecule has 0 radical (unpaired) electrons. The summed E-state index contributed by atoms with van der Waals surface area (Å²) in [6, 6.07) is 16.4. The molecule has 160 valence electrons. The fourth-order valence-electron chi connectivity index (χ4n) is 3.78. The molecule has 0 saturated carbocycles. The van der Waals surface area contributed by atoms with Gasteiger partial charge in [0.15, 0.2) is 11.5 Å². The number of nitrogens with zero attached hydrogens (tertiary/aromatic N) is 5. The monoisotopic (exact) mass is 433 g/mol. The van der Waals surface area contributed by atoms with Crippen molar-refractivity contribution < 1.29 is 4.79 Å². The molecule has 5 aromatic rings. The van der Waals surface area contributed by atoms with E-state index in [1.165, 1.54) is 4.52 Å². The van der Waals surface area contributed by atoms with Crippen LogP contribution in [0.5, 0.6) is 0 Å². The molecule has 3 heterocycles. The van der Waals surface area contributed by atoms with Gasteiger partial charge in [-0.15, -0.1) is 11.5 Å². The van der Waals surface area contributed by atoms with E-state index < -0.39 is 11.9 Å². The van der Waals surface area contributed by atoms with Crippen molar-refractivity contribution in [2.75, 3.05) is 5.73 Å². The minimum atomic E-state index is -0.489. The van der Waals surface area contributed by atoms with Crippen LogP contribution in [0.15, 0.2) is 67.0 Å². The second kappa shape index (κ2) is 8.05. The lowest BCUT2D eigenvalue weighted by Gasteiger charge is -2.18. The lowest BCUT2D eigenvalue weighted by Crippen LogP contribution is -2.28. The van der Waals surface area contributed by atoms with Crippen LogP contribution in [-0.2, 0) is 0 Å². The number of nitrogens with one attached hydrogen (secondary N) is 1. The number of nitrogens with two attached hydrogens (primary N) is 1. The summed E-state index contributed by atoms with van der Waals surface area (Å²) in [5.74, 6) is 2.37. The summed E-state index contributed by atoms with van der Waals surface area (Å²) >= 11 is 0. The van der Waals surface area contributed by atoms with Crippen LogP contribution in [0.25, 0.3) is 27.9 Å². The lowest BCUT2D eigenvalue weighted by atomic mass is 10.0. The number of hydrogen-bond donors (Lipinski definition) is 2. The number of carbonyl (C=O) groups excluding carboxylic acids is 1. The van der Waals surface area contributed by atoms with Crippen molar-refractivity contribution in [1.29, 1.82) is 0 Å². The maximum atomic E-state index is 13.2. The molecule has 0 aliphatic rings. The highest BCUT2D eigenvalue weighted by molar-refractivity contribution is 6.04. The van der Waals surface area contributed by atoms with Crippen molar-refractivity contribution in [3.8, 4) is 23.6 Å². The van der Waals surface area contributed by atoms with Crippen molar-refractivity contribution in [2.45, 2.75) is 13.0 Å². The summed E-state index contributed by atoms with van der Waals surface area (Å²) in [7, 11) is 0. The Balaban J connectivity index is 1.60. The van der Waals surface area contributed by atoms with Gasteiger partial charge in [0.25, 0.3) is 5.91 Å². The van der Waals surface area contributed by atoms with Crippen molar-refractivity contribution >= 4 is 28.4 Å². The Morgan fingerprint density at radius 1 is 1.12 bits per heavy atom. The van der Waals surface area contributed by atoms with Crippen LogP contribution in [-0.4, -0.2) is 30.5 Å². The first-order valence-corrected chi connectivity index (χ1v) is 10.3. The van der Waals surface area contributed by atoms with E-state index in [-0.39, 0.29) is 11.4 Å². The second-order valence-corrected chi connectivity index (χ2v) is 7.48. The zero-order chi connectivity index (χ0) is 22.9. The van der Waals surface area contributed by atoms with Crippen LogP contribution in [0, 0.1) is 12.3 Å². The Morgan fingerprint density at radius 2 is 1.94 bits per heavy atom. The van der Waals surface area contributed by atoms with E-state index in [2.05, 4.69) is 21.3 Å². The third-order valence-electron chi connectivity index (χ3n) is 5.33. The van der Waals surface area contributed by atoms with Crippen LogP contribution >= 0.6 is 0 Å². The van der Waals surface area contributed by atoms with E-state index >= 15 is 0 Å². The second-order valence-electron chi connectivity index (χ2n) is 7.48. The zero-order valence-electron chi connectivity index (χ0n) is 17.7. The Bertz CT molecular complexity index is 1550. The molecule has 0 bridgehead atoms. The summed E-state index contributed by atoms with van der Waals surface area (Å²) in [5.41, 5.74) is 10.7. The maximum Gasteiger partial charge on any atom is 0.259 e. The van der Waals surface area contributed by atoms with Gasteiger partial charge in [-0.1, -0.05) is 42.3 Å². The molecule has 8 nitrogen and oxygen atoms in total. The normalized spacial score (nSPS) is 11.9. The van der Waals surface area contributed by atoms with Gasteiger partial charge in [0.2, 0.25) is 0 Å². The minimum absolute atomic E-state index is 0.102. The van der Waals surface area contributed by atoms with Gasteiger partial charge in [-0.2, -0.15) is 0 Å². The predicted octanol–water partition coefficient (Wildman–Crippen LogP) is 3.39. The number of amides is 1. The highest BCUT2D eigenvalue weighted by Crippen LogP contribution is 2.29. The van der Waals surface area contributed by atoms with E-state index in [4.69, 9.17) is 22.1 Å². The molecule has 0 fully saturated rings. The highest BCUT2D eigenvalue weighted by Gasteiger charge is 2.24. The van der Waals surface area contributed by atoms with Gasteiger partial charge < -0.3 is 11.1 Å². The third-order valence-corrected chi connectivity index (χ3v) is 5.33. The number of rotatable bonds is 4. The number of terminal acetylenes is 1. The molecule has 0 saturated heterocycles. The molecule has 5 rings (SSSR count). The highest BCUT2D eigenvalue weighted by atomic mass is 16.1. The van der Waals surface area contributed by atoms with Gasteiger partial charge >= 0.3 is 0 Å². The summed E-state index contributed by atoms with van der Waals surface area (Å²) in [6.45, 7) is 1.85. The first-order valence-electron chi connectivity index (χ1n) is 10.3. The van der Waals surface area contributed by atoms with Gasteiger partial charge in [-0.25, -0.2) is 19.5 Å². The van der Waals surface area contributed by atoms with E-state index in [1.807, 2.05) is 55.5 Å². The van der Waals surface area contributed by atoms with Gasteiger partial charge in [0, 0.05) is 18.0 Å². The SMILES string of the molecule is C#Cc1cccc2nc([C@@H](C)NC(=O)c3c(N)nn4cccnc34)c(-c3ccccc3)nc12. The molecule has 2 aromatic carbocycles. The Kier molecular flexibility index (Phi) is 4.92. The minimum Gasteiger partial charge on any atom is -0.381 e. The van der Waals surface area contributed by atoms with Crippen LogP contribution in [0.1, 0.15) is 34.6 Å². The largest absolute Gasteiger partial charge is 0.381 e. The summed E-state index contributed by atoms with van der Waals surface area (Å²) in [4.78, 5) is 27.1. The first-order chi connectivity index (χ1) is 16.1. The standard InChI is InChI=1S/C25H19N7O/c1-3-16-11-7-12-18-21(16)30-22(17-9-5-4-6-10-17)20(29-18)15(2)28-25(33)19-23(26)31-32-14-8-13-27-24(19)32/h1,4-15H,2H3,(H2,26,31)(H,28,33)/t15-/m1/s1. The molecule has 1 amide bonds. The molecule has 3 aromatic heterocycles. The van der Waals surface area contributed by atoms with Gasteiger partial charge in [-0.3, -0.25) is 4.79 Å². The molecule has 8 heteroatoms. The average molecular weight is 433 g/mol. The summed E-state index contributed by atoms with van der Waals surface area (Å²) in [5, 5.41) is 7.14. The van der Waals surface area contributed by atoms with Gasteiger partial charge in [0.05, 0.1) is 28.5 Å². The number of aromatic nitrogens is 5. The lowest BCUT2D eigenvalue weighted by molar-refractivity contribution is 0.0941. The van der Waals surface area contributed by atoms with Crippen LogP contribution in [0.2, 0.25) is 0 Å². The fourth-order valence-corrected chi connectivity index (χ4v) is 3.78. The van der Waals surface area contributed by atoms with Gasteiger partial charge in [-0.05, 0) is 25.1 Å². The number of hydrogen-bond acceptors (Lipinski definition) is 6. The number of carbonyl (C=O) groups is 1. The maximum absolute atomic E-state index is 13.2. The number of fused-ring (bicyclic) bond motifs is 2. The summed E-state index contributed by atoms with van der Waals surface area (Å²) < 4.78 is 1.47. The molecule has 0 unspecified atom stereocenters. The predicted molar refractivity (Wildman–Crippen MR) is 126 cm³/mol. The van der Waals surface area contributed by atoms with Gasteiger partial charge in [0.1, 0.15) is 11.1 Å². The molecule has 1 atom stereocenters. The average Bonchev–Trinajstić information content (AvgIpc) is 3.19. The number of para-hydroxylation sites is 1. The Labute approximate surface area is 189 Å². The van der Waals surface area contributed by atoms with Crippen molar-refractivity contribution in [2.24, 2.45) is 0 Å². The molecular weight excluding hydrogens is 414 g/mol. The van der Waals surface area contributed by atoms with Crippen LogP contribution < -0.4 is 11.1 Å². The third kappa shape index (κ3) is 3.51. The molecule has 0 spiro atoms. The van der Waals surface area contributed by atoms with Crippen molar-refractivity contribution in [3.05, 3.63) is 83.8 Å². The number of nitrogen functional groups attached to an aromatic ring is 1. The zero-order valence-corrected chi connectivity index (χ0v) is 17.7. The molecule has 3 N–H and O–H groups in total. The van der Waals surface area contributed by atoms with Crippen molar-refractivity contribution in [3.63, 3.8) is 0 Å². The Hall–Kier alpha value is -4.77. The topological polar surface area (TPSA) is 111 Å². The number of anilines is 1. The molecule has 0 aliphatic heterocycles. The van der Waals surface area contributed by atoms with E-state index in [0.717, 1.165) is 5.56 Å². The number of benzene rings is 2. The van der Waals surface area contributed by atoms with Crippen LogP contribution in [0.3, 0.4) is 0 Å². The quantitative estimate of drug-likeness (QED) is 0.420. The first kappa shape index (κ1) is 20.2. The smallest absolute Gasteiger partial charge is 0.259 e. The van der Waals surface area contributed by atoms with Crippen LogP contribution in [0.4, 0.5) is 5.82 Å².